The van der Waals surface area contributed by atoms with Crippen LogP contribution >= 0.6 is 0 Å². The Balaban J connectivity index is 2.95. The molecule has 10 heavy (non-hydrogen) atoms. The molecule has 0 fully saturated rings. The van der Waals surface area contributed by atoms with Crippen LogP contribution in [0.5, 0.6) is 0 Å². The normalized spacial score (nSPS) is 10.4. The molecular formula is C5H5N5. The molecule has 2 aromatic heterocycles. The van der Waals surface area contributed by atoms with Crippen molar-refractivity contribution in [3.63, 3.8) is 0 Å². The van der Waals surface area contributed by atoms with E-state index >= 15 is 0 Å². The molecular weight excluding hydrogens is 130 g/mol. The monoisotopic (exact) mass is 135 g/mol. The van der Waals surface area contributed by atoms with Crippen LogP contribution in [-0.2, 0) is 0 Å². The average molecular weight is 135 g/mol. The van der Waals surface area contributed by atoms with Gasteiger partial charge in [0.25, 0.3) is 0 Å². The van der Waals surface area contributed by atoms with E-state index < -0.39 is 0 Å². The van der Waals surface area contributed by atoms with Crippen LogP contribution in [0.2, 0.25) is 0 Å². The minimum Gasteiger partial charge on any atom is -0.380 e. The maximum Gasteiger partial charge on any atom is 0.172 e. The smallest absolute Gasteiger partial charge is 0.172 e. The molecule has 2 heterocycles. The van der Waals surface area contributed by atoms with Crippen LogP contribution < -0.4 is 5.73 Å². The molecule has 0 bridgehead atoms. The van der Waals surface area contributed by atoms with Crippen LogP contribution in [0.15, 0.2) is 18.6 Å². The van der Waals surface area contributed by atoms with E-state index in [-0.39, 0.29) is 0 Å². The number of nitrogen functional groups attached to an aromatic ring is 1. The van der Waals surface area contributed by atoms with Crippen LogP contribution in [0.25, 0.3) is 5.52 Å². The van der Waals surface area contributed by atoms with Crippen molar-refractivity contribution in [1.82, 2.24) is 19.8 Å². The van der Waals surface area contributed by atoms with Gasteiger partial charge in [0.15, 0.2) is 5.82 Å². The van der Waals surface area contributed by atoms with E-state index in [4.69, 9.17) is 5.73 Å². The first-order valence-corrected chi connectivity index (χ1v) is 2.78. The Kier molecular flexibility index (Phi) is 0.858. The Morgan fingerprint density at radius 1 is 1.50 bits per heavy atom. The molecule has 0 saturated carbocycles. The van der Waals surface area contributed by atoms with Gasteiger partial charge in [0.1, 0.15) is 11.8 Å². The van der Waals surface area contributed by atoms with Gasteiger partial charge in [0.2, 0.25) is 0 Å². The van der Waals surface area contributed by atoms with Gasteiger partial charge in [-0.2, -0.15) is 5.10 Å². The van der Waals surface area contributed by atoms with Crippen molar-refractivity contribution in [2.45, 2.75) is 0 Å². The third kappa shape index (κ3) is 0.540. The Morgan fingerprint density at radius 2 is 2.40 bits per heavy atom. The minimum atomic E-state index is 0.403. The van der Waals surface area contributed by atoms with E-state index in [9.17, 15) is 0 Å². The fraction of sp³-hybridized carbons (Fsp3) is 0. The van der Waals surface area contributed by atoms with Crippen LogP contribution in [0.3, 0.4) is 0 Å². The summed E-state index contributed by atoms with van der Waals surface area (Å²) >= 11 is 0. The van der Waals surface area contributed by atoms with E-state index in [2.05, 4.69) is 15.3 Å². The highest BCUT2D eigenvalue weighted by Crippen LogP contribution is 2.04. The van der Waals surface area contributed by atoms with Crippen LogP contribution in [0.1, 0.15) is 0 Å². The van der Waals surface area contributed by atoms with Gasteiger partial charge in [-0.3, -0.25) is 0 Å². The van der Waals surface area contributed by atoms with Crippen molar-refractivity contribution in [3.8, 4) is 0 Å². The molecule has 2 aromatic rings. The highest BCUT2D eigenvalue weighted by molar-refractivity contribution is 5.62. The van der Waals surface area contributed by atoms with Gasteiger partial charge in [-0.25, -0.2) is 4.52 Å². The van der Waals surface area contributed by atoms with E-state index in [1.54, 1.807) is 16.8 Å². The van der Waals surface area contributed by atoms with Gasteiger partial charge >= 0.3 is 0 Å². The summed E-state index contributed by atoms with van der Waals surface area (Å²) in [6.07, 6.45) is 3.15. The zero-order valence-corrected chi connectivity index (χ0v) is 5.10. The van der Waals surface area contributed by atoms with Crippen molar-refractivity contribution in [1.29, 1.82) is 0 Å². The van der Waals surface area contributed by atoms with Gasteiger partial charge in [-0.1, -0.05) is 0 Å². The van der Waals surface area contributed by atoms with Gasteiger partial charge in [-0.15, -0.1) is 10.2 Å². The minimum absolute atomic E-state index is 0.403. The molecule has 0 atom stereocenters. The fourth-order valence-electron chi connectivity index (χ4n) is 0.797. The Hall–Kier alpha value is -1.65. The van der Waals surface area contributed by atoms with Gasteiger partial charge < -0.3 is 5.73 Å². The summed E-state index contributed by atoms with van der Waals surface area (Å²) in [7, 11) is 0. The summed E-state index contributed by atoms with van der Waals surface area (Å²) < 4.78 is 1.57. The highest BCUT2D eigenvalue weighted by atomic mass is 15.3. The topological polar surface area (TPSA) is 69.1 Å². The first kappa shape index (κ1) is 5.16. The van der Waals surface area contributed by atoms with Crippen LogP contribution in [0, 0.1) is 0 Å². The third-order valence-corrected chi connectivity index (χ3v) is 1.26. The lowest BCUT2D eigenvalue weighted by Gasteiger charge is -1.91. The number of anilines is 1. The number of aromatic nitrogens is 4. The molecule has 0 aromatic carbocycles. The zero-order chi connectivity index (χ0) is 6.97. The molecule has 0 aliphatic heterocycles. The molecule has 0 unspecified atom stereocenters. The van der Waals surface area contributed by atoms with Gasteiger partial charge in [-0.05, 0) is 6.07 Å². The summed E-state index contributed by atoms with van der Waals surface area (Å²) in [5.41, 5.74) is 6.25. The van der Waals surface area contributed by atoms with Crippen LogP contribution in [-0.4, -0.2) is 19.8 Å². The van der Waals surface area contributed by atoms with Crippen molar-refractivity contribution in [2.75, 3.05) is 5.73 Å². The molecule has 2 N–H and O–H groups in total. The highest BCUT2D eigenvalue weighted by Gasteiger charge is 1.96. The first-order chi connectivity index (χ1) is 4.88. The SMILES string of the molecule is Nc1nncn2nccc12. The third-order valence-electron chi connectivity index (χ3n) is 1.26. The molecule has 2 rings (SSSR count). The number of fused-ring (bicyclic) bond motifs is 1. The van der Waals surface area contributed by atoms with E-state index in [0.717, 1.165) is 5.52 Å². The molecule has 0 saturated heterocycles. The Labute approximate surface area is 56.5 Å². The Morgan fingerprint density at radius 3 is 3.20 bits per heavy atom. The quantitative estimate of drug-likeness (QED) is 0.538. The number of rotatable bonds is 0. The summed E-state index contributed by atoms with van der Waals surface area (Å²) in [6, 6.07) is 1.78. The number of hydrogen-bond donors (Lipinski definition) is 1. The number of nitrogens with two attached hydrogens (primary N) is 1. The standard InChI is InChI=1S/C5H5N5/c6-5-4-1-2-8-10(4)3-7-9-5/h1-3H,(H2,6,9). The lowest BCUT2D eigenvalue weighted by Crippen LogP contribution is -1.98. The summed E-state index contributed by atoms with van der Waals surface area (Å²) in [4.78, 5) is 0. The van der Waals surface area contributed by atoms with Gasteiger partial charge in [0, 0.05) is 0 Å². The lowest BCUT2D eigenvalue weighted by molar-refractivity contribution is 0.869. The second-order valence-electron chi connectivity index (χ2n) is 1.88. The van der Waals surface area contributed by atoms with E-state index in [1.165, 1.54) is 6.33 Å². The lowest BCUT2D eigenvalue weighted by atomic mass is 10.5. The maximum absolute atomic E-state index is 5.47. The molecule has 0 radical (unpaired) electrons. The van der Waals surface area contributed by atoms with Crippen molar-refractivity contribution >= 4 is 11.3 Å². The maximum atomic E-state index is 5.47. The predicted molar refractivity (Wildman–Crippen MR) is 35.2 cm³/mol. The van der Waals surface area contributed by atoms with Gasteiger partial charge in [0.05, 0.1) is 6.20 Å². The molecule has 0 aliphatic carbocycles. The summed E-state index contributed by atoms with van der Waals surface area (Å²) in [5.74, 6) is 0.403. The molecule has 0 amide bonds. The number of nitrogens with zero attached hydrogens (tertiary/aromatic N) is 4. The average Bonchev–Trinajstić information content (AvgIpc) is 2.36. The van der Waals surface area contributed by atoms with E-state index in [1.807, 2.05) is 0 Å². The molecule has 0 aliphatic rings. The summed E-state index contributed by atoms with van der Waals surface area (Å²) in [6.45, 7) is 0. The molecule has 0 spiro atoms. The summed E-state index contributed by atoms with van der Waals surface area (Å²) in [5, 5.41) is 11.2. The van der Waals surface area contributed by atoms with Crippen molar-refractivity contribution < 1.29 is 0 Å². The fourth-order valence-corrected chi connectivity index (χ4v) is 0.797. The Bertz CT molecular complexity index is 352. The second-order valence-corrected chi connectivity index (χ2v) is 1.88. The second kappa shape index (κ2) is 1.66. The zero-order valence-electron chi connectivity index (χ0n) is 5.10. The molecule has 50 valence electrons. The van der Waals surface area contributed by atoms with Crippen molar-refractivity contribution in [3.05, 3.63) is 18.6 Å². The number of hydrogen-bond acceptors (Lipinski definition) is 4. The molecule has 5 heteroatoms. The van der Waals surface area contributed by atoms with Crippen molar-refractivity contribution in [2.24, 2.45) is 0 Å². The van der Waals surface area contributed by atoms with Crippen LogP contribution in [0.4, 0.5) is 5.82 Å². The first-order valence-electron chi connectivity index (χ1n) is 2.78. The molecule has 5 nitrogen and oxygen atoms in total. The predicted octanol–water partition coefficient (Wildman–Crippen LogP) is -0.294. The van der Waals surface area contributed by atoms with E-state index in [0.29, 0.717) is 5.82 Å². The largest absolute Gasteiger partial charge is 0.380 e.